The summed E-state index contributed by atoms with van der Waals surface area (Å²) >= 11 is 0. The molecule has 23 heavy (non-hydrogen) atoms. The molecule has 1 aliphatic heterocycles. The van der Waals surface area contributed by atoms with Gasteiger partial charge in [-0.2, -0.15) is 9.40 Å². The van der Waals surface area contributed by atoms with Crippen molar-refractivity contribution in [3.63, 3.8) is 0 Å². The second-order valence-electron chi connectivity index (χ2n) is 5.40. The Morgan fingerprint density at radius 2 is 2.22 bits per heavy atom. The molecule has 0 unspecified atom stereocenters. The summed E-state index contributed by atoms with van der Waals surface area (Å²) < 4.78 is 45.9. The maximum absolute atomic E-state index is 13.8. The third-order valence-corrected chi connectivity index (χ3v) is 5.75. The lowest BCUT2D eigenvalue weighted by Gasteiger charge is -2.22. The molecule has 2 aromatic rings. The van der Waals surface area contributed by atoms with Crippen LogP contribution in [0.5, 0.6) is 0 Å². The predicted octanol–water partition coefficient (Wildman–Crippen LogP) is 1.24. The van der Waals surface area contributed by atoms with Gasteiger partial charge in [-0.05, 0) is 12.5 Å². The van der Waals surface area contributed by atoms with Crippen molar-refractivity contribution in [3.05, 3.63) is 47.8 Å². The Bertz CT molecular complexity index is 766. The van der Waals surface area contributed by atoms with Gasteiger partial charge >= 0.3 is 0 Å². The minimum absolute atomic E-state index is 0.143. The maximum atomic E-state index is 13.8. The lowest BCUT2D eigenvalue weighted by atomic mass is 10.2. The average molecular weight is 340 g/mol. The van der Waals surface area contributed by atoms with Gasteiger partial charge in [-0.1, -0.05) is 18.2 Å². The van der Waals surface area contributed by atoms with Crippen molar-refractivity contribution >= 4 is 10.0 Å². The fraction of sp³-hybridized carbons (Fsp3) is 0.429. The van der Waals surface area contributed by atoms with E-state index < -0.39 is 27.6 Å². The Morgan fingerprint density at radius 3 is 2.87 bits per heavy atom. The van der Waals surface area contributed by atoms with Crippen LogP contribution >= 0.6 is 0 Å². The molecule has 0 aliphatic carbocycles. The van der Waals surface area contributed by atoms with Crippen LogP contribution in [-0.4, -0.2) is 47.7 Å². The highest BCUT2D eigenvalue weighted by Gasteiger charge is 2.42. The highest BCUT2D eigenvalue weighted by Crippen LogP contribution is 2.34. The minimum Gasteiger partial charge on any atom is -0.380 e. The fourth-order valence-electron chi connectivity index (χ4n) is 2.77. The third kappa shape index (κ3) is 3.26. The van der Waals surface area contributed by atoms with E-state index in [9.17, 15) is 12.8 Å². The molecule has 2 heterocycles. The molecule has 0 spiro atoms. The maximum Gasteiger partial charge on any atom is 0.219 e. The second-order valence-corrected chi connectivity index (χ2v) is 7.32. The molecule has 0 radical (unpaired) electrons. The van der Waals surface area contributed by atoms with Gasteiger partial charge in [0.25, 0.3) is 0 Å². The lowest BCUT2D eigenvalue weighted by Crippen LogP contribution is -2.33. The zero-order chi connectivity index (χ0) is 16.4. The normalized spacial score (nSPS) is 22.5. The van der Waals surface area contributed by atoms with Crippen molar-refractivity contribution in [2.75, 3.05) is 13.7 Å². The van der Waals surface area contributed by atoms with Gasteiger partial charge in [0.05, 0.1) is 17.9 Å². The van der Waals surface area contributed by atoms with Crippen molar-refractivity contribution in [2.24, 2.45) is 0 Å². The van der Waals surface area contributed by atoms with Crippen molar-refractivity contribution < 1.29 is 17.5 Å². The number of H-pyrrole nitrogens is 1. The van der Waals surface area contributed by atoms with E-state index in [1.165, 1.54) is 35.9 Å². The fourth-order valence-corrected chi connectivity index (χ4v) is 4.53. The Morgan fingerprint density at radius 1 is 1.43 bits per heavy atom. The topological polar surface area (TPSA) is 88.2 Å². The Kier molecular flexibility index (Phi) is 4.42. The van der Waals surface area contributed by atoms with Gasteiger partial charge in [0.1, 0.15) is 18.0 Å². The highest BCUT2D eigenvalue weighted by molar-refractivity contribution is 7.88. The first-order chi connectivity index (χ1) is 11.0. The van der Waals surface area contributed by atoms with Crippen LogP contribution in [0.2, 0.25) is 0 Å². The van der Waals surface area contributed by atoms with Crippen LogP contribution in [0.4, 0.5) is 4.39 Å². The number of sulfonamides is 1. The molecule has 0 saturated carbocycles. The van der Waals surface area contributed by atoms with Gasteiger partial charge < -0.3 is 4.74 Å². The molecule has 1 N–H and O–H groups in total. The van der Waals surface area contributed by atoms with E-state index in [0.29, 0.717) is 12.2 Å². The van der Waals surface area contributed by atoms with Gasteiger partial charge in [0.15, 0.2) is 0 Å². The molecule has 9 heteroatoms. The minimum atomic E-state index is -3.73. The largest absolute Gasteiger partial charge is 0.380 e. The number of aromatic amines is 1. The molecule has 0 amide bonds. The van der Waals surface area contributed by atoms with E-state index in [1.54, 1.807) is 6.07 Å². The molecule has 1 fully saturated rings. The number of hydrogen-bond donors (Lipinski definition) is 1. The Balaban J connectivity index is 1.89. The quantitative estimate of drug-likeness (QED) is 0.884. The Labute approximate surface area is 133 Å². The summed E-state index contributed by atoms with van der Waals surface area (Å²) in [5, 5.41) is 6.48. The molecule has 2 atom stereocenters. The number of benzene rings is 1. The van der Waals surface area contributed by atoms with Crippen LogP contribution in [0.15, 0.2) is 30.6 Å². The second kappa shape index (κ2) is 6.34. The average Bonchev–Trinajstić information content (AvgIpc) is 3.18. The summed E-state index contributed by atoms with van der Waals surface area (Å²) in [5.41, 5.74) is 0.143. The lowest BCUT2D eigenvalue weighted by molar-refractivity contribution is 0.114. The number of nitrogens with one attached hydrogen (secondary N) is 1. The zero-order valence-electron chi connectivity index (χ0n) is 12.5. The number of ether oxygens (including phenoxy) is 1. The molecule has 124 valence electrons. The SMILES string of the molecule is CO[C@@H]1C[C@@H](c2ncn[nH]2)N(S(=O)(=O)Cc2ccccc2F)C1. The van der Waals surface area contributed by atoms with Crippen molar-refractivity contribution in [1.82, 2.24) is 19.5 Å². The Hall–Kier alpha value is -1.84. The summed E-state index contributed by atoms with van der Waals surface area (Å²) in [4.78, 5) is 4.05. The van der Waals surface area contributed by atoms with Crippen molar-refractivity contribution in [3.8, 4) is 0 Å². The molecule has 3 rings (SSSR count). The zero-order valence-corrected chi connectivity index (χ0v) is 13.3. The van der Waals surface area contributed by atoms with Crippen molar-refractivity contribution in [2.45, 2.75) is 24.3 Å². The van der Waals surface area contributed by atoms with Gasteiger partial charge in [-0.3, -0.25) is 5.10 Å². The van der Waals surface area contributed by atoms with Gasteiger partial charge in [-0.15, -0.1) is 0 Å². The van der Waals surface area contributed by atoms with Crippen LogP contribution in [0.25, 0.3) is 0 Å². The summed E-state index contributed by atoms with van der Waals surface area (Å²) in [6.07, 6.45) is 1.57. The van der Waals surface area contributed by atoms with E-state index in [-0.39, 0.29) is 18.2 Å². The van der Waals surface area contributed by atoms with Gasteiger partial charge in [0, 0.05) is 19.2 Å². The van der Waals surface area contributed by atoms with E-state index >= 15 is 0 Å². The number of nitrogens with zero attached hydrogens (tertiary/aromatic N) is 3. The summed E-state index contributed by atoms with van der Waals surface area (Å²) in [7, 11) is -2.19. The first kappa shape index (κ1) is 16.0. The van der Waals surface area contributed by atoms with E-state index in [1.807, 2.05) is 0 Å². The smallest absolute Gasteiger partial charge is 0.219 e. The monoisotopic (exact) mass is 340 g/mol. The summed E-state index contributed by atoms with van der Waals surface area (Å²) in [6, 6.07) is 5.38. The van der Waals surface area contributed by atoms with Crippen LogP contribution in [0.3, 0.4) is 0 Å². The molecular weight excluding hydrogens is 323 g/mol. The molecule has 0 bridgehead atoms. The summed E-state index contributed by atoms with van der Waals surface area (Å²) in [5.74, 6) is -0.475. The third-order valence-electron chi connectivity index (χ3n) is 3.95. The van der Waals surface area contributed by atoms with Crippen LogP contribution < -0.4 is 0 Å². The van der Waals surface area contributed by atoms with Crippen LogP contribution in [-0.2, 0) is 20.5 Å². The van der Waals surface area contributed by atoms with E-state index in [2.05, 4.69) is 15.2 Å². The number of hydrogen-bond acceptors (Lipinski definition) is 5. The molecular formula is C14H17FN4O3S. The van der Waals surface area contributed by atoms with Gasteiger partial charge in [0.2, 0.25) is 10.0 Å². The van der Waals surface area contributed by atoms with E-state index in [0.717, 1.165) is 0 Å². The number of halogens is 1. The standard InChI is InChI=1S/C14H17FN4O3S/c1-22-11-6-13(14-16-9-17-18-14)19(7-11)23(20,21)8-10-4-2-3-5-12(10)15/h2-5,9,11,13H,6-8H2,1H3,(H,16,17,18)/t11-,13+/m1/s1. The summed E-state index contributed by atoms with van der Waals surface area (Å²) in [6.45, 7) is 0.207. The highest BCUT2D eigenvalue weighted by atomic mass is 32.2. The number of rotatable bonds is 5. The number of aromatic nitrogens is 3. The first-order valence-electron chi connectivity index (χ1n) is 7.12. The van der Waals surface area contributed by atoms with Crippen LogP contribution in [0, 0.1) is 5.82 Å². The number of methoxy groups -OCH3 is 1. The first-order valence-corrected chi connectivity index (χ1v) is 8.73. The van der Waals surface area contributed by atoms with Crippen LogP contribution in [0.1, 0.15) is 23.9 Å². The molecule has 1 aromatic heterocycles. The molecule has 1 saturated heterocycles. The van der Waals surface area contributed by atoms with Crippen molar-refractivity contribution in [1.29, 1.82) is 0 Å². The molecule has 7 nitrogen and oxygen atoms in total. The van der Waals surface area contributed by atoms with E-state index in [4.69, 9.17) is 4.74 Å². The predicted molar refractivity (Wildman–Crippen MR) is 80.3 cm³/mol. The molecule has 1 aliphatic rings. The van der Waals surface area contributed by atoms with Gasteiger partial charge in [-0.25, -0.2) is 17.8 Å². The molecule has 1 aromatic carbocycles.